The van der Waals surface area contributed by atoms with Crippen molar-refractivity contribution in [1.82, 2.24) is 15.1 Å². The maximum Gasteiger partial charge on any atom is 0.255 e. The predicted octanol–water partition coefficient (Wildman–Crippen LogP) is 2.08. The van der Waals surface area contributed by atoms with Gasteiger partial charge in [0.2, 0.25) is 5.91 Å². The number of nitrogens with zero attached hydrogens (tertiary/aromatic N) is 2. The quantitative estimate of drug-likeness (QED) is 0.782. The lowest BCUT2D eigenvalue weighted by atomic mass is 10.0. The van der Waals surface area contributed by atoms with E-state index in [2.05, 4.69) is 5.32 Å². The van der Waals surface area contributed by atoms with Gasteiger partial charge in [-0.3, -0.25) is 9.59 Å². The minimum Gasteiger partial charge on any atom is -0.337 e. The summed E-state index contributed by atoms with van der Waals surface area (Å²) in [6.07, 6.45) is 1.57. The number of hydrogen-bond donors (Lipinski definition) is 1. The van der Waals surface area contributed by atoms with E-state index in [9.17, 15) is 18.4 Å². The molecule has 9 heteroatoms. The predicted molar refractivity (Wildman–Crippen MR) is 92.1 cm³/mol. The second kappa shape index (κ2) is 8.29. The van der Waals surface area contributed by atoms with Crippen LogP contribution in [0.5, 0.6) is 0 Å². The molecule has 2 saturated heterocycles. The van der Waals surface area contributed by atoms with E-state index >= 15 is 0 Å². The van der Waals surface area contributed by atoms with Gasteiger partial charge in [-0.25, -0.2) is 8.78 Å². The van der Waals surface area contributed by atoms with Crippen LogP contribution in [0.15, 0.2) is 12.1 Å². The molecule has 3 rings (SSSR count). The van der Waals surface area contributed by atoms with Crippen LogP contribution in [0, 0.1) is 11.6 Å². The number of carbonyl (C=O) groups excluding carboxylic acids is 2. The van der Waals surface area contributed by atoms with Crippen molar-refractivity contribution < 1.29 is 18.4 Å². The normalized spacial score (nSPS) is 21.1. The van der Waals surface area contributed by atoms with Crippen molar-refractivity contribution in [2.75, 3.05) is 32.7 Å². The van der Waals surface area contributed by atoms with Crippen molar-refractivity contribution in [3.63, 3.8) is 0 Å². The number of piperidine rings is 1. The lowest BCUT2D eigenvalue weighted by molar-refractivity contribution is -0.135. The number of piperazine rings is 1. The van der Waals surface area contributed by atoms with Crippen molar-refractivity contribution in [1.29, 1.82) is 0 Å². The zero-order chi connectivity index (χ0) is 17.3. The van der Waals surface area contributed by atoms with Crippen molar-refractivity contribution in [3.8, 4) is 0 Å². The van der Waals surface area contributed by atoms with Gasteiger partial charge in [-0.2, -0.15) is 0 Å². The molecule has 2 amide bonds. The lowest BCUT2D eigenvalue weighted by Gasteiger charge is -2.41. The van der Waals surface area contributed by atoms with E-state index < -0.39 is 17.5 Å². The van der Waals surface area contributed by atoms with Gasteiger partial charge in [0.25, 0.3) is 5.91 Å². The number of nitrogens with one attached hydrogen (secondary N) is 1. The highest BCUT2D eigenvalue weighted by molar-refractivity contribution is 6.33. The zero-order valence-corrected chi connectivity index (χ0v) is 15.0. The van der Waals surface area contributed by atoms with Gasteiger partial charge in [-0.1, -0.05) is 11.6 Å². The number of halogens is 4. The molecule has 1 unspecified atom stereocenters. The molecule has 1 aromatic carbocycles. The Kier molecular flexibility index (Phi) is 6.59. The maximum absolute atomic E-state index is 13.4. The molecule has 1 aromatic rings. The van der Waals surface area contributed by atoms with Crippen LogP contribution in [-0.4, -0.2) is 60.4 Å². The number of carbonyl (C=O) groups is 2. The van der Waals surface area contributed by atoms with E-state index in [0.717, 1.165) is 31.5 Å². The SMILES string of the molecule is Cl.O=C(c1cc(F)c(F)cc1Cl)N1CCCC(N2CCNCC2=O)C1. The van der Waals surface area contributed by atoms with Gasteiger partial charge in [-0.05, 0) is 25.0 Å². The van der Waals surface area contributed by atoms with Gasteiger partial charge in [0.15, 0.2) is 11.6 Å². The number of hydrogen-bond acceptors (Lipinski definition) is 3. The Balaban J connectivity index is 0.00000225. The van der Waals surface area contributed by atoms with E-state index in [-0.39, 0.29) is 34.9 Å². The Morgan fingerprint density at radius 3 is 2.68 bits per heavy atom. The fourth-order valence-electron chi connectivity index (χ4n) is 3.26. The van der Waals surface area contributed by atoms with E-state index in [4.69, 9.17) is 11.6 Å². The molecule has 2 aliphatic rings. The van der Waals surface area contributed by atoms with Crippen molar-refractivity contribution in [2.24, 2.45) is 0 Å². The fourth-order valence-corrected chi connectivity index (χ4v) is 3.49. The van der Waals surface area contributed by atoms with Crippen molar-refractivity contribution >= 4 is 35.8 Å². The molecule has 0 bridgehead atoms. The molecule has 0 saturated carbocycles. The van der Waals surface area contributed by atoms with E-state index in [1.165, 1.54) is 0 Å². The highest BCUT2D eigenvalue weighted by Crippen LogP contribution is 2.24. The van der Waals surface area contributed by atoms with Crippen LogP contribution in [0.2, 0.25) is 5.02 Å². The van der Waals surface area contributed by atoms with Gasteiger partial charge in [-0.15, -0.1) is 12.4 Å². The second-order valence-corrected chi connectivity index (χ2v) is 6.46. The molecule has 2 fully saturated rings. The average Bonchev–Trinajstić information content (AvgIpc) is 2.58. The summed E-state index contributed by atoms with van der Waals surface area (Å²) in [4.78, 5) is 28.0. The van der Waals surface area contributed by atoms with Crippen LogP contribution < -0.4 is 5.32 Å². The maximum atomic E-state index is 13.4. The molecule has 5 nitrogen and oxygen atoms in total. The molecule has 2 heterocycles. The third-order valence-corrected chi connectivity index (χ3v) is 4.80. The summed E-state index contributed by atoms with van der Waals surface area (Å²) in [6, 6.07) is 1.59. The molecule has 0 aromatic heterocycles. The molecule has 2 aliphatic heterocycles. The van der Waals surface area contributed by atoms with Gasteiger partial charge in [0.05, 0.1) is 17.1 Å². The number of benzene rings is 1. The molecule has 138 valence electrons. The third-order valence-electron chi connectivity index (χ3n) is 4.49. The Hall–Kier alpha value is -1.44. The Morgan fingerprint density at radius 1 is 1.24 bits per heavy atom. The lowest BCUT2D eigenvalue weighted by Crippen LogP contribution is -2.57. The molecule has 0 radical (unpaired) electrons. The monoisotopic (exact) mass is 393 g/mol. The van der Waals surface area contributed by atoms with Crippen LogP contribution >= 0.6 is 24.0 Å². The largest absolute Gasteiger partial charge is 0.337 e. The first-order valence-corrected chi connectivity index (χ1v) is 8.29. The second-order valence-electron chi connectivity index (χ2n) is 6.06. The summed E-state index contributed by atoms with van der Waals surface area (Å²) in [5.41, 5.74) is -0.0529. The highest BCUT2D eigenvalue weighted by Gasteiger charge is 2.32. The zero-order valence-electron chi connectivity index (χ0n) is 13.4. The van der Waals surface area contributed by atoms with Crippen molar-refractivity contribution in [2.45, 2.75) is 18.9 Å². The van der Waals surface area contributed by atoms with E-state index in [0.29, 0.717) is 26.2 Å². The molecule has 25 heavy (non-hydrogen) atoms. The smallest absolute Gasteiger partial charge is 0.255 e. The van der Waals surface area contributed by atoms with Crippen LogP contribution in [0.1, 0.15) is 23.2 Å². The van der Waals surface area contributed by atoms with E-state index in [1.54, 1.807) is 9.80 Å². The summed E-state index contributed by atoms with van der Waals surface area (Å²) >= 11 is 5.90. The van der Waals surface area contributed by atoms with Crippen LogP contribution in [0.25, 0.3) is 0 Å². The first-order valence-electron chi connectivity index (χ1n) is 7.91. The number of amides is 2. The summed E-state index contributed by atoms with van der Waals surface area (Å²) in [5, 5.41) is 2.90. The molecular weight excluding hydrogens is 375 g/mol. The highest BCUT2D eigenvalue weighted by atomic mass is 35.5. The first-order chi connectivity index (χ1) is 11.5. The summed E-state index contributed by atoms with van der Waals surface area (Å²) in [7, 11) is 0. The van der Waals surface area contributed by atoms with Crippen LogP contribution in [-0.2, 0) is 4.79 Å². The topological polar surface area (TPSA) is 52.7 Å². The van der Waals surface area contributed by atoms with E-state index in [1.807, 2.05) is 0 Å². The Labute approximate surface area is 155 Å². The molecule has 1 atom stereocenters. The van der Waals surface area contributed by atoms with Gasteiger partial charge < -0.3 is 15.1 Å². The van der Waals surface area contributed by atoms with Gasteiger partial charge >= 0.3 is 0 Å². The number of rotatable bonds is 2. The molecule has 0 aliphatic carbocycles. The standard InChI is InChI=1S/C16H18ClF2N3O2.ClH/c17-12-7-14(19)13(18)6-11(12)16(24)21-4-1-2-10(9-21)22-5-3-20-8-15(22)23;/h6-7,10,20H,1-5,8-9H2;1H. The first kappa shape index (κ1) is 19.9. The molecular formula is C16H19Cl2F2N3O2. The summed E-state index contributed by atoms with van der Waals surface area (Å²) < 4.78 is 26.6. The van der Waals surface area contributed by atoms with Crippen LogP contribution in [0.4, 0.5) is 8.78 Å². The Bertz CT molecular complexity index is 675. The number of likely N-dealkylation sites (tertiary alicyclic amines) is 1. The fraction of sp³-hybridized carbons (Fsp3) is 0.500. The minimum absolute atomic E-state index is 0. The Morgan fingerprint density at radius 2 is 1.96 bits per heavy atom. The summed E-state index contributed by atoms with van der Waals surface area (Å²) in [6.45, 7) is 2.52. The molecule has 0 spiro atoms. The minimum atomic E-state index is -1.10. The van der Waals surface area contributed by atoms with Gasteiger partial charge in [0.1, 0.15) is 0 Å². The third kappa shape index (κ3) is 4.22. The molecule has 1 N–H and O–H groups in total. The summed E-state index contributed by atoms with van der Waals surface area (Å²) in [5.74, 6) is -2.61. The average molecular weight is 394 g/mol. The van der Waals surface area contributed by atoms with Gasteiger partial charge in [0, 0.05) is 32.2 Å². The van der Waals surface area contributed by atoms with Crippen LogP contribution in [0.3, 0.4) is 0 Å². The van der Waals surface area contributed by atoms with Crippen molar-refractivity contribution in [3.05, 3.63) is 34.4 Å².